The molecule has 4 rings (SSSR count). The SMILES string of the molecule is CN(C)C1=C(c2ccccc2)C(O)(c2ccccc2)c2ccccc21. The monoisotopic (exact) mass is 327 g/mol. The molecular weight excluding hydrogens is 306 g/mol. The Bertz CT molecular complexity index is 929. The standard InChI is InChI=1S/C23H21NO/c1-24(2)22-19-15-9-10-16-20(19)23(25,18-13-7-4-8-14-18)21(22)17-11-5-3-6-12-17/h3-16,25H,1-2H3. The highest BCUT2D eigenvalue weighted by atomic mass is 16.3. The van der Waals surface area contributed by atoms with Crippen molar-refractivity contribution < 1.29 is 5.11 Å². The minimum Gasteiger partial charge on any atom is -0.377 e. The molecule has 1 atom stereocenters. The maximum Gasteiger partial charge on any atom is 0.143 e. The summed E-state index contributed by atoms with van der Waals surface area (Å²) in [6, 6.07) is 28.3. The van der Waals surface area contributed by atoms with Crippen LogP contribution in [0.15, 0.2) is 84.9 Å². The van der Waals surface area contributed by atoms with Gasteiger partial charge in [0.1, 0.15) is 5.60 Å². The topological polar surface area (TPSA) is 23.5 Å². The fourth-order valence-corrected chi connectivity index (χ4v) is 3.84. The van der Waals surface area contributed by atoms with Crippen LogP contribution >= 0.6 is 0 Å². The Labute approximate surface area is 148 Å². The Hall–Kier alpha value is -2.84. The van der Waals surface area contributed by atoms with Gasteiger partial charge in [0.25, 0.3) is 0 Å². The van der Waals surface area contributed by atoms with Crippen molar-refractivity contribution in [2.45, 2.75) is 5.60 Å². The zero-order valence-corrected chi connectivity index (χ0v) is 14.5. The quantitative estimate of drug-likeness (QED) is 0.772. The zero-order valence-electron chi connectivity index (χ0n) is 14.5. The molecule has 1 unspecified atom stereocenters. The minimum atomic E-state index is -1.17. The van der Waals surface area contributed by atoms with Gasteiger partial charge in [-0.3, -0.25) is 0 Å². The van der Waals surface area contributed by atoms with Crippen molar-refractivity contribution in [2.24, 2.45) is 0 Å². The van der Waals surface area contributed by atoms with Gasteiger partial charge in [-0.1, -0.05) is 84.9 Å². The van der Waals surface area contributed by atoms with Gasteiger partial charge in [0.15, 0.2) is 0 Å². The number of hydrogen-bond donors (Lipinski definition) is 1. The van der Waals surface area contributed by atoms with E-state index in [-0.39, 0.29) is 0 Å². The first kappa shape index (κ1) is 15.7. The van der Waals surface area contributed by atoms with Crippen LogP contribution in [0.5, 0.6) is 0 Å². The van der Waals surface area contributed by atoms with Crippen LogP contribution in [0.3, 0.4) is 0 Å². The first-order valence-electron chi connectivity index (χ1n) is 8.49. The normalized spacial score (nSPS) is 19.0. The second-order valence-corrected chi connectivity index (χ2v) is 6.61. The Balaban J connectivity index is 2.10. The van der Waals surface area contributed by atoms with Crippen LogP contribution in [0.25, 0.3) is 11.3 Å². The second-order valence-electron chi connectivity index (χ2n) is 6.61. The maximum atomic E-state index is 12.1. The van der Waals surface area contributed by atoms with Crippen LogP contribution in [0, 0.1) is 0 Å². The van der Waals surface area contributed by atoms with Crippen LogP contribution in [0.1, 0.15) is 22.3 Å². The highest BCUT2D eigenvalue weighted by Crippen LogP contribution is 2.53. The van der Waals surface area contributed by atoms with E-state index in [9.17, 15) is 5.11 Å². The molecule has 0 radical (unpaired) electrons. The Morgan fingerprint density at radius 3 is 1.92 bits per heavy atom. The average Bonchev–Trinajstić information content (AvgIpc) is 2.94. The molecule has 0 heterocycles. The molecule has 1 aliphatic carbocycles. The first-order chi connectivity index (χ1) is 12.1. The predicted molar refractivity (Wildman–Crippen MR) is 103 cm³/mol. The van der Waals surface area contributed by atoms with Crippen molar-refractivity contribution in [1.82, 2.24) is 4.90 Å². The Kier molecular flexibility index (Phi) is 3.70. The molecule has 2 heteroatoms. The molecule has 25 heavy (non-hydrogen) atoms. The first-order valence-corrected chi connectivity index (χ1v) is 8.49. The summed E-state index contributed by atoms with van der Waals surface area (Å²) in [5.41, 5.74) is 4.77. The summed E-state index contributed by atoms with van der Waals surface area (Å²) in [6.45, 7) is 0. The van der Waals surface area contributed by atoms with Crippen LogP contribution in [0.4, 0.5) is 0 Å². The fraction of sp³-hybridized carbons (Fsp3) is 0.130. The summed E-state index contributed by atoms with van der Waals surface area (Å²) in [4.78, 5) is 2.10. The molecule has 0 bridgehead atoms. The number of fused-ring (bicyclic) bond motifs is 1. The lowest BCUT2D eigenvalue weighted by molar-refractivity contribution is 0.148. The van der Waals surface area contributed by atoms with Crippen LogP contribution < -0.4 is 0 Å². The van der Waals surface area contributed by atoms with Gasteiger partial charge in [-0.05, 0) is 11.1 Å². The highest BCUT2D eigenvalue weighted by Gasteiger charge is 2.46. The molecule has 1 aliphatic rings. The van der Waals surface area contributed by atoms with E-state index in [1.54, 1.807) is 0 Å². The van der Waals surface area contributed by atoms with Crippen LogP contribution in [-0.2, 0) is 5.60 Å². The summed E-state index contributed by atoms with van der Waals surface area (Å²) in [7, 11) is 4.07. The van der Waals surface area contributed by atoms with Crippen LogP contribution in [-0.4, -0.2) is 24.1 Å². The summed E-state index contributed by atoms with van der Waals surface area (Å²) in [6.07, 6.45) is 0. The van der Waals surface area contributed by atoms with Gasteiger partial charge < -0.3 is 10.0 Å². The molecule has 0 saturated carbocycles. The lowest BCUT2D eigenvalue weighted by atomic mass is 9.80. The van der Waals surface area contributed by atoms with Gasteiger partial charge in [0.05, 0.1) is 5.70 Å². The van der Waals surface area contributed by atoms with Crippen molar-refractivity contribution >= 4 is 11.3 Å². The molecule has 0 amide bonds. The third-order valence-electron chi connectivity index (χ3n) is 4.87. The van der Waals surface area contributed by atoms with Gasteiger partial charge in [-0.2, -0.15) is 0 Å². The van der Waals surface area contributed by atoms with E-state index >= 15 is 0 Å². The zero-order chi connectivity index (χ0) is 17.4. The van der Waals surface area contributed by atoms with E-state index < -0.39 is 5.60 Å². The Morgan fingerprint density at radius 1 is 0.720 bits per heavy atom. The predicted octanol–water partition coefficient (Wildman–Crippen LogP) is 4.37. The van der Waals surface area contributed by atoms with Crippen molar-refractivity contribution in [3.63, 3.8) is 0 Å². The highest BCUT2D eigenvalue weighted by molar-refractivity contribution is 6.01. The third kappa shape index (κ3) is 2.30. The number of rotatable bonds is 3. The summed E-state index contributed by atoms with van der Waals surface area (Å²) >= 11 is 0. The summed E-state index contributed by atoms with van der Waals surface area (Å²) < 4.78 is 0. The van der Waals surface area contributed by atoms with Crippen LogP contribution in [0.2, 0.25) is 0 Å². The van der Waals surface area contributed by atoms with Crippen molar-refractivity contribution in [3.8, 4) is 0 Å². The van der Waals surface area contributed by atoms with E-state index in [0.717, 1.165) is 33.5 Å². The molecule has 3 aromatic carbocycles. The van der Waals surface area contributed by atoms with E-state index in [4.69, 9.17) is 0 Å². The van der Waals surface area contributed by atoms with Gasteiger partial charge in [-0.25, -0.2) is 0 Å². The minimum absolute atomic E-state index is 0.887. The molecule has 3 aromatic rings. The summed E-state index contributed by atoms with van der Waals surface area (Å²) in [5.74, 6) is 0. The number of nitrogens with zero attached hydrogens (tertiary/aromatic N) is 1. The van der Waals surface area contributed by atoms with E-state index in [2.05, 4.69) is 23.1 Å². The number of aliphatic hydroxyl groups is 1. The second kappa shape index (κ2) is 5.91. The lowest BCUT2D eigenvalue weighted by Crippen LogP contribution is -2.27. The molecule has 124 valence electrons. The van der Waals surface area contributed by atoms with E-state index in [0.29, 0.717) is 0 Å². The molecule has 0 fully saturated rings. The largest absolute Gasteiger partial charge is 0.377 e. The average molecular weight is 327 g/mol. The van der Waals surface area contributed by atoms with Crippen molar-refractivity contribution in [2.75, 3.05) is 14.1 Å². The fourth-order valence-electron chi connectivity index (χ4n) is 3.84. The van der Waals surface area contributed by atoms with Gasteiger partial charge in [-0.15, -0.1) is 0 Å². The van der Waals surface area contributed by atoms with Gasteiger partial charge in [0.2, 0.25) is 0 Å². The van der Waals surface area contributed by atoms with Gasteiger partial charge in [0, 0.05) is 30.8 Å². The van der Waals surface area contributed by atoms with E-state index in [1.165, 1.54) is 0 Å². The molecule has 0 aromatic heterocycles. The van der Waals surface area contributed by atoms with Crippen molar-refractivity contribution in [1.29, 1.82) is 0 Å². The summed E-state index contributed by atoms with van der Waals surface area (Å²) in [5, 5.41) is 12.1. The van der Waals surface area contributed by atoms with Gasteiger partial charge >= 0.3 is 0 Å². The number of hydrogen-bond acceptors (Lipinski definition) is 2. The molecule has 0 aliphatic heterocycles. The molecule has 1 N–H and O–H groups in total. The molecule has 2 nitrogen and oxygen atoms in total. The maximum absolute atomic E-state index is 12.1. The number of benzene rings is 3. The lowest BCUT2D eigenvalue weighted by Gasteiger charge is -2.29. The van der Waals surface area contributed by atoms with E-state index in [1.807, 2.05) is 80.8 Å². The molecule has 0 spiro atoms. The van der Waals surface area contributed by atoms with Crippen molar-refractivity contribution in [3.05, 3.63) is 107 Å². The molecular formula is C23H21NO. The third-order valence-corrected chi connectivity index (χ3v) is 4.87. The Morgan fingerprint density at radius 2 is 1.28 bits per heavy atom. The smallest absolute Gasteiger partial charge is 0.143 e. The molecule has 0 saturated heterocycles.